The van der Waals surface area contributed by atoms with Gasteiger partial charge in [-0.2, -0.15) is 13.2 Å². The van der Waals surface area contributed by atoms with Gasteiger partial charge < -0.3 is 9.30 Å². The standard InChI is InChI=1S/C29H27F6N9O/c1-14(2)42-12-19(29(33,34)35)40-25(42)17-6-4-15(5-7-17)11-43-26-18(44(28(43)36)23(32)22(30)31)10-37-24(41-26)20-21(16-8-9-16)38-13-39-27(20)45-3/h4-7,10,12-14,16,22-23,36H,8-9,11H2,1-3H3. The van der Waals surface area contributed by atoms with Gasteiger partial charge in [0.15, 0.2) is 17.2 Å². The summed E-state index contributed by atoms with van der Waals surface area (Å²) in [6.45, 7) is 3.37. The van der Waals surface area contributed by atoms with E-state index in [-0.39, 0.29) is 47.2 Å². The molecule has 1 atom stereocenters. The second-order valence-electron chi connectivity index (χ2n) is 11.0. The van der Waals surface area contributed by atoms with Gasteiger partial charge in [0.05, 0.1) is 25.5 Å². The molecule has 5 aromatic rings. The van der Waals surface area contributed by atoms with E-state index >= 15 is 0 Å². The summed E-state index contributed by atoms with van der Waals surface area (Å²) in [7, 11) is 1.43. The zero-order valence-electron chi connectivity index (χ0n) is 24.2. The average Bonchev–Trinajstić information content (AvgIpc) is 3.69. The lowest BCUT2D eigenvalue weighted by Crippen LogP contribution is -2.29. The van der Waals surface area contributed by atoms with Crippen LogP contribution in [0, 0.1) is 5.41 Å². The minimum absolute atomic E-state index is 0.00944. The topological polar surface area (TPSA) is 112 Å². The molecule has 1 unspecified atom stereocenters. The molecule has 16 heteroatoms. The maximum absolute atomic E-state index is 14.8. The fraction of sp³-hybridized carbons (Fsp3) is 0.379. The molecule has 0 radical (unpaired) electrons. The normalized spacial score (nSPS) is 14.6. The molecular weight excluding hydrogens is 604 g/mol. The van der Waals surface area contributed by atoms with Crippen molar-refractivity contribution in [2.75, 3.05) is 7.11 Å². The van der Waals surface area contributed by atoms with Crippen molar-refractivity contribution < 1.29 is 31.1 Å². The molecule has 10 nitrogen and oxygen atoms in total. The molecule has 236 valence electrons. The van der Waals surface area contributed by atoms with E-state index in [4.69, 9.17) is 10.1 Å². The van der Waals surface area contributed by atoms with Crippen molar-refractivity contribution in [1.82, 2.24) is 38.6 Å². The number of fused-ring (bicyclic) bond motifs is 1. The summed E-state index contributed by atoms with van der Waals surface area (Å²) >= 11 is 0. The monoisotopic (exact) mass is 631 g/mol. The molecule has 1 aromatic carbocycles. The second kappa shape index (κ2) is 11.3. The number of imidazole rings is 2. The molecule has 0 bridgehead atoms. The molecular formula is C29H27F6N9O. The molecule has 4 heterocycles. The first-order chi connectivity index (χ1) is 21.4. The van der Waals surface area contributed by atoms with E-state index in [0.717, 1.165) is 19.0 Å². The predicted molar refractivity (Wildman–Crippen MR) is 149 cm³/mol. The summed E-state index contributed by atoms with van der Waals surface area (Å²) in [5.74, 6) is 0.597. The van der Waals surface area contributed by atoms with Crippen LogP contribution in [0.2, 0.25) is 0 Å². The van der Waals surface area contributed by atoms with Gasteiger partial charge in [-0.3, -0.25) is 14.5 Å². The van der Waals surface area contributed by atoms with Crippen molar-refractivity contribution in [1.29, 1.82) is 5.41 Å². The molecule has 1 N–H and O–H groups in total. The number of nitrogens with zero attached hydrogens (tertiary/aromatic N) is 8. The minimum atomic E-state index is -4.62. The highest BCUT2D eigenvalue weighted by Crippen LogP contribution is 2.45. The highest BCUT2D eigenvalue weighted by atomic mass is 19.4. The Morgan fingerprint density at radius 2 is 1.73 bits per heavy atom. The summed E-state index contributed by atoms with van der Waals surface area (Å²) in [5, 5.41) is 8.65. The third-order valence-corrected chi connectivity index (χ3v) is 7.56. The third kappa shape index (κ3) is 5.53. The fourth-order valence-corrected chi connectivity index (χ4v) is 5.20. The zero-order valence-corrected chi connectivity index (χ0v) is 24.2. The number of nitrogens with one attached hydrogen (secondary N) is 1. The Morgan fingerprint density at radius 3 is 2.33 bits per heavy atom. The Bertz CT molecular complexity index is 1920. The molecule has 0 spiro atoms. The van der Waals surface area contributed by atoms with E-state index in [1.165, 1.54) is 28.8 Å². The molecule has 0 amide bonds. The summed E-state index contributed by atoms with van der Waals surface area (Å²) in [4.78, 5) is 21.3. The molecule has 0 aliphatic heterocycles. The van der Waals surface area contributed by atoms with Crippen molar-refractivity contribution in [2.24, 2.45) is 0 Å². The predicted octanol–water partition coefficient (Wildman–Crippen LogP) is 6.30. The fourth-order valence-electron chi connectivity index (χ4n) is 5.20. The number of ether oxygens (including phenoxy) is 1. The lowest BCUT2D eigenvalue weighted by atomic mass is 10.1. The molecule has 45 heavy (non-hydrogen) atoms. The van der Waals surface area contributed by atoms with Crippen LogP contribution in [0.3, 0.4) is 0 Å². The first-order valence-corrected chi connectivity index (χ1v) is 14.0. The Morgan fingerprint density at radius 1 is 1.02 bits per heavy atom. The number of hydrogen-bond acceptors (Lipinski definition) is 7. The first-order valence-electron chi connectivity index (χ1n) is 14.0. The van der Waals surface area contributed by atoms with Crippen LogP contribution in [0.1, 0.15) is 61.9 Å². The summed E-state index contributed by atoms with van der Waals surface area (Å²) in [6, 6.07) is 6.07. The maximum atomic E-state index is 14.8. The van der Waals surface area contributed by atoms with Crippen LogP contribution in [0.25, 0.3) is 33.9 Å². The zero-order chi connectivity index (χ0) is 32.2. The van der Waals surface area contributed by atoms with Crippen molar-refractivity contribution in [3.05, 3.63) is 65.6 Å². The highest BCUT2D eigenvalue weighted by Gasteiger charge is 2.36. The van der Waals surface area contributed by atoms with Crippen LogP contribution < -0.4 is 10.4 Å². The third-order valence-electron chi connectivity index (χ3n) is 7.56. The second-order valence-corrected chi connectivity index (χ2v) is 11.0. The largest absolute Gasteiger partial charge is 0.480 e. The number of benzene rings is 1. The molecule has 4 aromatic heterocycles. The average molecular weight is 632 g/mol. The van der Waals surface area contributed by atoms with E-state index in [1.54, 1.807) is 38.1 Å². The number of rotatable bonds is 9. The van der Waals surface area contributed by atoms with Crippen molar-refractivity contribution in [3.63, 3.8) is 0 Å². The molecule has 0 saturated heterocycles. The van der Waals surface area contributed by atoms with Gasteiger partial charge in [-0.05, 0) is 32.3 Å². The molecule has 1 aliphatic rings. The van der Waals surface area contributed by atoms with Gasteiger partial charge >= 0.3 is 6.18 Å². The van der Waals surface area contributed by atoms with Gasteiger partial charge in [0.2, 0.25) is 17.8 Å². The smallest absolute Gasteiger partial charge is 0.434 e. The Labute approximate surface area is 251 Å². The van der Waals surface area contributed by atoms with Crippen molar-refractivity contribution in [2.45, 2.75) is 64.1 Å². The van der Waals surface area contributed by atoms with Crippen LogP contribution in [0.15, 0.2) is 43.0 Å². The van der Waals surface area contributed by atoms with Gasteiger partial charge in [-0.1, -0.05) is 24.3 Å². The van der Waals surface area contributed by atoms with Crippen LogP contribution in [-0.4, -0.2) is 52.2 Å². The first kappa shape index (κ1) is 30.3. The summed E-state index contributed by atoms with van der Waals surface area (Å²) in [6.07, 6.45) is -5.59. The molecule has 6 rings (SSSR count). The van der Waals surface area contributed by atoms with Gasteiger partial charge in [0.25, 0.3) is 6.43 Å². The number of halogens is 6. The van der Waals surface area contributed by atoms with E-state index in [9.17, 15) is 26.3 Å². The van der Waals surface area contributed by atoms with Crippen LogP contribution >= 0.6 is 0 Å². The summed E-state index contributed by atoms with van der Waals surface area (Å²) in [5.41, 5.74) is 0.321. The molecule has 1 aliphatic carbocycles. The van der Waals surface area contributed by atoms with Gasteiger partial charge in [0, 0.05) is 23.7 Å². The van der Waals surface area contributed by atoms with Gasteiger partial charge in [-0.25, -0.2) is 38.1 Å². The lowest BCUT2D eigenvalue weighted by molar-refractivity contribution is -0.140. The number of alkyl halides is 6. The van der Waals surface area contributed by atoms with E-state index in [0.29, 0.717) is 27.0 Å². The van der Waals surface area contributed by atoms with E-state index in [2.05, 4.69) is 24.9 Å². The SMILES string of the molecule is COc1ncnc(C2CC2)c1-c1ncc2c(n1)n(Cc1ccc(-c3nc(C(F)(F)F)cn3C(C)C)cc1)c(=N)n2C(F)C(F)F. The van der Waals surface area contributed by atoms with Crippen molar-refractivity contribution >= 4 is 11.2 Å². The van der Waals surface area contributed by atoms with E-state index < -0.39 is 30.2 Å². The van der Waals surface area contributed by atoms with Crippen molar-refractivity contribution in [3.8, 4) is 28.7 Å². The van der Waals surface area contributed by atoms with Gasteiger partial charge in [0.1, 0.15) is 23.2 Å². The van der Waals surface area contributed by atoms with Crippen LogP contribution in [-0.2, 0) is 12.7 Å². The summed E-state index contributed by atoms with van der Waals surface area (Å²) < 4.78 is 90.8. The minimum Gasteiger partial charge on any atom is -0.480 e. The number of aromatic nitrogens is 8. The highest BCUT2D eigenvalue weighted by molar-refractivity contribution is 5.76. The van der Waals surface area contributed by atoms with E-state index in [1.807, 2.05) is 0 Å². The molecule has 1 saturated carbocycles. The Balaban J connectivity index is 1.44. The molecule has 1 fully saturated rings. The lowest BCUT2D eigenvalue weighted by Gasteiger charge is -2.12. The quantitative estimate of drug-likeness (QED) is 0.191. The Hall–Kier alpha value is -4.76. The number of methoxy groups -OCH3 is 1. The Kier molecular flexibility index (Phi) is 7.61. The maximum Gasteiger partial charge on any atom is 0.434 e. The number of hydrogen-bond donors (Lipinski definition) is 1. The van der Waals surface area contributed by atoms with Crippen LogP contribution in [0.4, 0.5) is 26.3 Å². The van der Waals surface area contributed by atoms with Gasteiger partial charge in [-0.15, -0.1) is 0 Å². The van der Waals surface area contributed by atoms with Crippen LogP contribution in [0.5, 0.6) is 5.88 Å².